The van der Waals surface area contributed by atoms with E-state index >= 15 is 0 Å². The summed E-state index contributed by atoms with van der Waals surface area (Å²) in [5.74, 6) is 1.50. The number of anilines is 1. The van der Waals surface area contributed by atoms with Crippen LogP contribution in [0.5, 0.6) is 11.5 Å². The third-order valence-corrected chi connectivity index (χ3v) is 9.33. The number of pyridine rings is 1. The summed E-state index contributed by atoms with van der Waals surface area (Å²) in [5, 5.41) is 6.11. The van der Waals surface area contributed by atoms with Gasteiger partial charge in [0.05, 0.1) is 32.8 Å². The van der Waals surface area contributed by atoms with Crippen LogP contribution in [0.25, 0.3) is 0 Å². The molecule has 2 heterocycles. The lowest BCUT2D eigenvalue weighted by molar-refractivity contribution is -0.134. The Labute approximate surface area is 285 Å². The molecule has 3 unspecified atom stereocenters. The summed E-state index contributed by atoms with van der Waals surface area (Å²) in [5.41, 5.74) is 3.60. The number of amides is 3. The highest BCUT2D eigenvalue weighted by molar-refractivity contribution is 5.90. The fourth-order valence-electron chi connectivity index (χ4n) is 6.56. The molecule has 10 nitrogen and oxygen atoms in total. The van der Waals surface area contributed by atoms with Gasteiger partial charge in [0.25, 0.3) is 0 Å². The van der Waals surface area contributed by atoms with Gasteiger partial charge in [-0.3, -0.25) is 14.7 Å². The number of aromatic nitrogens is 1. The van der Waals surface area contributed by atoms with Crippen LogP contribution in [0.4, 0.5) is 10.5 Å². The Morgan fingerprint density at radius 2 is 1.81 bits per heavy atom. The van der Waals surface area contributed by atoms with Crippen molar-refractivity contribution in [3.63, 3.8) is 0 Å². The fraction of sp³-hybridized carbons (Fsp3) is 0.500. The van der Waals surface area contributed by atoms with Gasteiger partial charge in [0.15, 0.2) is 0 Å². The molecule has 3 aromatic rings. The largest absolute Gasteiger partial charge is 0.497 e. The Bertz CT molecular complexity index is 1460. The number of rotatable bonds is 12. The monoisotopic (exact) mass is 657 g/mol. The highest BCUT2D eigenvalue weighted by Gasteiger charge is 2.31. The van der Waals surface area contributed by atoms with E-state index in [4.69, 9.17) is 14.2 Å². The van der Waals surface area contributed by atoms with Gasteiger partial charge < -0.3 is 29.7 Å². The predicted octanol–water partition coefficient (Wildman–Crippen LogP) is 6.05. The highest BCUT2D eigenvalue weighted by atomic mass is 16.5. The molecule has 2 aliphatic rings. The molecule has 0 radical (unpaired) electrons. The van der Waals surface area contributed by atoms with E-state index < -0.39 is 0 Å². The Morgan fingerprint density at radius 1 is 1.06 bits per heavy atom. The number of benzene rings is 2. The molecule has 1 fully saturated rings. The molecule has 1 aliphatic carbocycles. The Morgan fingerprint density at radius 3 is 2.54 bits per heavy atom. The average Bonchev–Trinajstić information content (AvgIpc) is 3.13. The quantitative estimate of drug-likeness (QED) is 0.244. The number of ether oxygens (including phenoxy) is 3. The summed E-state index contributed by atoms with van der Waals surface area (Å²) < 4.78 is 18.1. The van der Waals surface area contributed by atoms with E-state index in [0.717, 1.165) is 49.1 Å². The first kappa shape index (κ1) is 35.2. The van der Waals surface area contributed by atoms with Gasteiger partial charge in [-0.25, -0.2) is 4.79 Å². The standard InChI is InChI=1S/C38H51N5O5/c1-27-22-43(28(2)25-47-26-30-10-13-34(46-4)14-11-30)37(44)21-31-20-33(41-38(45)40-32-8-6-5-7-9-32)12-15-35(31)48-36(27)24-42(3)23-29-16-18-39-19-17-29/h10-20,27-28,32,36H,5-9,21-26H2,1-4H3,(H2,40,41,45). The fourth-order valence-corrected chi connectivity index (χ4v) is 6.56. The Balaban J connectivity index is 1.32. The van der Waals surface area contributed by atoms with Crippen molar-refractivity contribution >= 4 is 17.6 Å². The summed E-state index contributed by atoms with van der Waals surface area (Å²) >= 11 is 0. The van der Waals surface area contributed by atoms with Crippen LogP contribution in [0.15, 0.2) is 67.0 Å². The number of carbonyl (C=O) groups is 2. The molecule has 0 spiro atoms. The molecular formula is C38H51N5O5. The van der Waals surface area contributed by atoms with E-state index in [2.05, 4.69) is 34.5 Å². The second kappa shape index (κ2) is 17.3. The first-order chi connectivity index (χ1) is 23.3. The summed E-state index contributed by atoms with van der Waals surface area (Å²) in [4.78, 5) is 35.2. The van der Waals surface area contributed by atoms with E-state index in [1.165, 1.54) is 12.0 Å². The predicted molar refractivity (Wildman–Crippen MR) is 187 cm³/mol. The zero-order valence-electron chi connectivity index (χ0n) is 28.8. The van der Waals surface area contributed by atoms with Crippen molar-refractivity contribution in [3.05, 3.63) is 83.7 Å². The summed E-state index contributed by atoms with van der Waals surface area (Å²) in [6.45, 7) is 6.97. The van der Waals surface area contributed by atoms with Crippen LogP contribution < -0.4 is 20.1 Å². The van der Waals surface area contributed by atoms with Gasteiger partial charge in [-0.2, -0.15) is 0 Å². The first-order valence-corrected chi connectivity index (χ1v) is 17.2. The molecule has 1 aromatic heterocycles. The zero-order valence-corrected chi connectivity index (χ0v) is 28.8. The van der Waals surface area contributed by atoms with Crippen LogP contribution in [0.1, 0.15) is 62.6 Å². The molecule has 10 heteroatoms. The Hall–Kier alpha value is -4.15. The number of hydrogen-bond acceptors (Lipinski definition) is 7. The zero-order chi connectivity index (χ0) is 33.9. The van der Waals surface area contributed by atoms with Crippen molar-refractivity contribution in [1.82, 2.24) is 20.1 Å². The second-order valence-corrected chi connectivity index (χ2v) is 13.4. The molecule has 3 atom stereocenters. The second-order valence-electron chi connectivity index (χ2n) is 13.4. The molecule has 3 amide bonds. The normalized spacial score (nSPS) is 19.4. The van der Waals surface area contributed by atoms with Crippen molar-refractivity contribution in [2.45, 2.75) is 83.7 Å². The smallest absolute Gasteiger partial charge is 0.319 e. The minimum Gasteiger partial charge on any atom is -0.497 e. The van der Waals surface area contributed by atoms with E-state index in [1.54, 1.807) is 19.5 Å². The number of urea groups is 1. The summed E-state index contributed by atoms with van der Waals surface area (Å²) in [6, 6.07) is 17.3. The molecule has 1 aliphatic heterocycles. The molecule has 5 rings (SSSR count). The van der Waals surface area contributed by atoms with Crippen molar-refractivity contribution in [1.29, 1.82) is 0 Å². The number of methoxy groups -OCH3 is 1. The molecule has 0 saturated heterocycles. The molecular weight excluding hydrogens is 606 g/mol. The third-order valence-electron chi connectivity index (χ3n) is 9.33. The van der Waals surface area contributed by atoms with E-state index in [-0.39, 0.29) is 42.5 Å². The molecule has 48 heavy (non-hydrogen) atoms. The maximum Gasteiger partial charge on any atom is 0.319 e. The van der Waals surface area contributed by atoms with Gasteiger partial charge in [-0.05, 0) is 80.4 Å². The highest BCUT2D eigenvalue weighted by Crippen LogP contribution is 2.30. The van der Waals surface area contributed by atoms with Crippen LogP contribution in [-0.2, 0) is 29.1 Å². The lowest BCUT2D eigenvalue weighted by Gasteiger charge is -2.34. The maximum absolute atomic E-state index is 14.0. The van der Waals surface area contributed by atoms with Crippen molar-refractivity contribution in [2.24, 2.45) is 5.92 Å². The van der Waals surface area contributed by atoms with Crippen LogP contribution >= 0.6 is 0 Å². The van der Waals surface area contributed by atoms with Gasteiger partial charge in [-0.15, -0.1) is 0 Å². The van der Waals surface area contributed by atoms with E-state index in [9.17, 15) is 9.59 Å². The van der Waals surface area contributed by atoms with Crippen LogP contribution in [0.3, 0.4) is 0 Å². The number of carbonyl (C=O) groups excluding carboxylic acids is 2. The maximum atomic E-state index is 14.0. The number of nitrogens with one attached hydrogen (secondary N) is 2. The minimum atomic E-state index is -0.217. The number of fused-ring (bicyclic) bond motifs is 1. The lowest BCUT2D eigenvalue weighted by atomic mass is 9.96. The molecule has 2 N–H and O–H groups in total. The van der Waals surface area contributed by atoms with E-state index in [0.29, 0.717) is 37.7 Å². The number of likely N-dealkylation sites (N-methyl/N-ethyl adjacent to an activating group) is 1. The van der Waals surface area contributed by atoms with Crippen LogP contribution in [-0.4, -0.2) is 78.8 Å². The van der Waals surface area contributed by atoms with Gasteiger partial charge in [-0.1, -0.05) is 38.3 Å². The first-order valence-electron chi connectivity index (χ1n) is 17.2. The minimum absolute atomic E-state index is 0.00171. The molecule has 1 saturated carbocycles. The number of nitrogens with zero attached hydrogens (tertiary/aromatic N) is 3. The lowest BCUT2D eigenvalue weighted by Crippen LogP contribution is -2.47. The summed E-state index contributed by atoms with van der Waals surface area (Å²) in [7, 11) is 3.73. The van der Waals surface area contributed by atoms with E-state index in [1.807, 2.05) is 66.4 Å². The average molecular weight is 658 g/mol. The summed E-state index contributed by atoms with van der Waals surface area (Å²) in [6.07, 6.45) is 9.10. The van der Waals surface area contributed by atoms with Gasteiger partial charge in [0, 0.05) is 55.2 Å². The van der Waals surface area contributed by atoms with Gasteiger partial charge in [0.1, 0.15) is 17.6 Å². The van der Waals surface area contributed by atoms with Crippen molar-refractivity contribution < 1.29 is 23.8 Å². The van der Waals surface area contributed by atoms with Gasteiger partial charge >= 0.3 is 6.03 Å². The van der Waals surface area contributed by atoms with Crippen molar-refractivity contribution in [3.8, 4) is 11.5 Å². The SMILES string of the molecule is COc1ccc(COCC(C)N2CC(C)C(CN(C)Cc3ccncc3)Oc3ccc(NC(=O)NC4CCCCC4)cc3CC2=O)cc1. The topological polar surface area (TPSA) is 105 Å². The molecule has 0 bridgehead atoms. The van der Waals surface area contributed by atoms with Crippen LogP contribution in [0, 0.1) is 5.92 Å². The van der Waals surface area contributed by atoms with Crippen LogP contribution in [0.2, 0.25) is 0 Å². The molecule has 2 aromatic carbocycles. The molecule has 258 valence electrons. The number of hydrogen-bond donors (Lipinski definition) is 2. The van der Waals surface area contributed by atoms with Gasteiger partial charge in [0.2, 0.25) is 5.91 Å². The van der Waals surface area contributed by atoms with Crippen molar-refractivity contribution in [2.75, 3.05) is 39.2 Å². The third kappa shape index (κ3) is 10.2. The Kier molecular flexibility index (Phi) is 12.7.